The molecule has 0 aliphatic carbocycles. The monoisotopic (exact) mass is 427 g/mol. The van der Waals surface area contributed by atoms with Gasteiger partial charge in [0.25, 0.3) is 0 Å². The Morgan fingerprint density at radius 2 is 2.07 bits per heavy atom. The third-order valence-electron chi connectivity index (χ3n) is 4.97. The third-order valence-corrected chi connectivity index (χ3v) is 6.07. The van der Waals surface area contributed by atoms with Gasteiger partial charge in [-0.2, -0.15) is 0 Å². The summed E-state index contributed by atoms with van der Waals surface area (Å²) >= 11 is 1.59. The van der Waals surface area contributed by atoms with Crippen LogP contribution in [0.2, 0.25) is 0 Å². The summed E-state index contributed by atoms with van der Waals surface area (Å²) in [5.41, 5.74) is 3.75. The maximum Gasteiger partial charge on any atom is 0.303 e. The normalized spacial score (nSPS) is 13.1. The van der Waals surface area contributed by atoms with Gasteiger partial charge in [-0.05, 0) is 48.7 Å². The molecule has 0 bridgehead atoms. The predicted octanol–water partition coefficient (Wildman–Crippen LogP) is 5.01. The van der Waals surface area contributed by atoms with Gasteiger partial charge in [-0.25, -0.2) is 9.37 Å². The molecule has 1 aliphatic heterocycles. The van der Waals surface area contributed by atoms with Gasteiger partial charge in [-0.15, -0.1) is 11.3 Å². The molecule has 0 atom stereocenters. The van der Waals surface area contributed by atoms with Crippen LogP contribution >= 0.6 is 11.3 Å². The van der Waals surface area contributed by atoms with Gasteiger partial charge in [-0.3, -0.25) is 4.79 Å². The van der Waals surface area contributed by atoms with E-state index in [1.165, 1.54) is 12.1 Å². The lowest BCUT2D eigenvalue weighted by molar-refractivity contribution is -0.137. The number of ether oxygens (including phenoxy) is 2. The molecule has 1 N–H and O–H groups in total. The highest BCUT2D eigenvalue weighted by Crippen LogP contribution is 2.33. The second-order valence-electron chi connectivity index (χ2n) is 7.17. The van der Waals surface area contributed by atoms with E-state index in [1.807, 2.05) is 24.3 Å². The third kappa shape index (κ3) is 5.04. The van der Waals surface area contributed by atoms with E-state index in [4.69, 9.17) is 19.6 Å². The average Bonchev–Trinajstić information content (AvgIpc) is 3.17. The number of aliphatic carboxylic acids is 1. The number of thiazole rings is 1. The molecular formula is C23H22FNO4S. The van der Waals surface area contributed by atoms with E-state index in [9.17, 15) is 9.18 Å². The van der Waals surface area contributed by atoms with E-state index >= 15 is 0 Å². The second kappa shape index (κ2) is 9.36. The Hall–Kier alpha value is -2.77. The Balaban J connectivity index is 1.45. The van der Waals surface area contributed by atoms with Gasteiger partial charge in [0.05, 0.1) is 23.8 Å². The summed E-state index contributed by atoms with van der Waals surface area (Å²) in [7, 11) is 0. The van der Waals surface area contributed by atoms with Crippen LogP contribution < -0.4 is 4.74 Å². The Kier molecular flexibility index (Phi) is 6.40. The van der Waals surface area contributed by atoms with Gasteiger partial charge in [0.15, 0.2) is 0 Å². The van der Waals surface area contributed by atoms with Crippen LogP contribution in [0.15, 0.2) is 42.5 Å². The molecule has 156 valence electrons. The van der Waals surface area contributed by atoms with E-state index in [0.29, 0.717) is 31.8 Å². The highest BCUT2D eigenvalue weighted by molar-refractivity contribution is 7.15. The van der Waals surface area contributed by atoms with Crippen LogP contribution in [0.25, 0.3) is 10.6 Å². The van der Waals surface area contributed by atoms with Gasteiger partial charge >= 0.3 is 5.97 Å². The fourth-order valence-corrected chi connectivity index (χ4v) is 4.49. The Morgan fingerprint density at radius 3 is 2.83 bits per heavy atom. The molecule has 5 nitrogen and oxygen atoms in total. The van der Waals surface area contributed by atoms with Crippen LogP contribution in [0.3, 0.4) is 0 Å². The number of carboxylic acids is 1. The van der Waals surface area contributed by atoms with Gasteiger partial charge < -0.3 is 14.6 Å². The number of hydrogen-bond donors (Lipinski definition) is 1. The molecule has 0 fully saturated rings. The Morgan fingerprint density at radius 1 is 1.23 bits per heavy atom. The Bertz CT molecular complexity index is 1010. The van der Waals surface area contributed by atoms with Crippen LogP contribution in [0.4, 0.5) is 4.39 Å². The summed E-state index contributed by atoms with van der Waals surface area (Å²) in [6.07, 6.45) is 2.27. The number of rotatable bonds is 8. The van der Waals surface area contributed by atoms with E-state index in [1.54, 1.807) is 17.4 Å². The van der Waals surface area contributed by atoms with Crippen molar-refractivity contribution in [3.05, 3.63) is 70.0 Å². The molecule has 2 aromatic carbocycles. The van der Waals surface area contributed by atoms with Crippen LogP contribution in [0.1, 0.15) is 34.5 Å². The van der Waals surface area contributed by atoms with Crippen molar-refractivity contribution >= 4 is 17.3 Å². The molecule has 0 saturated carbocycles. The molecular weight excluding hydrogens is 405 g/mol. The highest BCUT2D eigenvalue weighted by atomic mass is 32.1. The zero-order valence-electron chi connectivity index (χ0n) is 16.4. The zero-order chi connectivity index (χ0) is 20.9. The topological polar surface area (TPSA) is 68.7 Å². The minimum atomic E-state index is -0.783. The van der Waals surface area contributed by atoms with Crippen molar-refractivity contribution in [1.29, 1.82) is 0 Å². The molecule has 30 heavy (non-hydrogen) atoms. The maximum atomic E-state index is 13.9. The molecule has 0 amide bonds. The van der Waals surface area contributed by atoms with Crippen LogP contribution in [-0.2, 0) is 35.6 Å². The van der Waals surface area contributed by atoms with E-state index in [2.05, 4.69) is 0 Å². The van der Waals surface area contributed by atoms with Gasteiger partial charge in [0, 0.05) is 24.0 Å². The summed E-state index contributed by atoms with van der Waals surface area (Å²) in [6.45, 7) is 1.49. The van der Waals surface area contributed by atoms with E-state index in [0.717, 1.165) is 38.7 Å². The van der Waals surface area contributed by atoms with Gasteiger partial charge in [0.2, 0.25) is 0 Å². The maximum absolute atomic E-state index is 13.9. The first-order valence-electron chi connectivity index (χ1n) is 9.87. The van der Waals surface area contributed by atoms with Crippen molar-refractivity contribution < 1.29 is 23.8 Å². The van der Waals surface area contributed by atoms with Crippen molar-refractivity contribution in [1.82, 2.24) is 4.98 Å². The number of hydrogen-bond acceptors (Lipinski definition) is 5. The van der Waals surface area contributed by atoms with E-state index in [-0.39, 0.29) is 18.8 Å². The molecule has 3 aromatic rings. The zero-order valence-corrected chi connectivity index (χ0v) is 17.2. The standard InChI is InChI=1S/C23H22FNO4S/c24-17-6-9-19(23-25-20-10-11-28-14-21(20)30-23)16(12-17)13-29-18-7-4-15(5-8-18)2-1-3-22(26)27/h4-9,12H,1-3,10-11,13-14H2,(H,26,27). The average molecular weight is 427 g/mol. The first-order valence-corrected chi connectivity index (χ1v) is 10.7. The molecule has 1 aromatic heterocycles. The molecule has 4 rings (SSSR count). The number of benzene rings is 2. The molecule has 7 heteroatoms. The number of fused-ring (bicyclic) bond motifs is 1. The lowest BCUT2D eigenvalue weighted by Gasteiger charge is -2.11. The summed E-state index contributed by atoms with van der Waals surface area (Å²) in [6, 6.07) is 12.3. The van der Waals surface area contributed by atoms with Crippen molar-refractivity contribution in [3.8, 4) is 16.3 Å². The number of carboxylic acid groups (broad SMARTS) is 1. The SMILES string of the molecule is O=C(O)CCCc1ccc(OCc2cc(F)ccc2-c2nc3c(s2)COCC3)cc1. The van der Waals surface area contributed by atoms with Crippen molar-refractivity contribution in [3.63, 3.8) is 0 Å². The minimum Gasteiger partial charge on any atom is -0.489 e. The molecule has 0 saturated heterocycles. The number of aromatic nitrogens is 1. The second-order valence-corrected chi connectivity index (χ2v) is 8.26. The number of carbonyl (C=O) groups is 1. The summed E-state index contributed by atoms with van der Waals surface area (Å²) < 4.78 is 25.3. The summed E-state index contributed by atoms with van der Waals surface area (Å²) in [5, 5.41) is 9.59. The van der Waals surface area contributed by atoms with Crippen LogP contribution in [0, 0.1) is 5.82 Å². The molecule has 0 radical (unpaired) electrons. The van der Waals surface area contributed by atoms with Crippen LogP contribution in [0.5, 0.6) is 5.75 Å². The number of halogens is 1. The number of nitrogens with zero attached hydrogens (tertiary/aromatic N) is 1. The summed E-state index contributed by atoms with van der Waals surface area (Å²) in [5.74, 6) is -0.413. The molecule has 0 unspecified atom stereocenters. The fourth-order valence-electron chi connectivity index (χ4n) is 3.39. The lowest BCUT2D eigenvalue weighted by atomic mass is 10.1. The highest BCUT2D eigenvalue weighted by Gasteiger charge is 2.18. The first-order chi connectivity index (χ1) is 14.6. The van der Waals surface area contributed by atoms with E-state index < -0.39 is 5.97 Å². The van der Waals surface area contributed by atoms with Crippen molar-refractivity contribution in [2.45, 2.75) is 38.9 Å². The Labute approximate surface area is 178 Å². The predicted molar refractivity (Wildman–Crippen MR) is 112 cm³/mol. The fraction of sp³-hybridized carbons (Fsp3) is 0.304. The van der Waals surface area contributed by atoms with Gasteiger partial charge in [0.1, 0.15) is 23.2 Å². The molecule has 1 aliphatic rings. The van der Waals surface area contributed by atoms with Crippen molar-refractivity contribution in [2.75, 3.05) is 6.61 Å². The minimum absolute atomic E-state index is 0.160. The largest absolute Gasteiger partial charge is 0.489 e. The van der Waals surface area contributed by atoms with Crippen molar-refractivity contribution in [2.24, 2.45) is 0 Å². The first kappa shape index (κ1) is 20.5. The summed E-state index contributed by atoms with van der Waals surface area (Å²) in [4.78, 5) is 16.5. The van der Waals surface area contributed by atoms with Gasteiger partial charge in [-0.1, -0.05) is 12.1 Å². The smallest absolute Gasteiger partial charge is 0.303 e. The number of aryl methyl sites for hydroxylation is 1. The van der Waals surface area contributed by atoms with Crippen LogP contribution in [-0.4, -0.2) is 22.7 Å². The molecule has 0 spiro atoms. The molecule has 2 heterocycles. The lowest BCUT2D eigenvalue weighted by Crippen LogP contribution is -2.07. The quantitative estimate of drug-likeness (QED) is 0.547.